The highest BCUT2D eigenvalue weighted by Crippen LogP contribution is 2.29. The van der Waals surface area contributed by atoms with Crippen LogP contribution in [-0.4, -0.2) is 55.3 Å². The van der Waals surface area contributed by atoms with Gasteiger partial charge in [0.1, 0.15) is 11.6 Å². The van der Waals surface area contributed by atoms with Crippen LogP contribution in [0.25, 0.3) is 11.1 Å². The Morgan fingerprint density at radius 2 is 2.19 bits per heavy atom. The summed E-state index contributed by atoms with van der Waals surface area (Å²) in [6.45, 7) is 1.49. The number of nitrogens with one attached hydrogen (secondary N) is 2. The summed E-state index contributed by atoms with van der Waals surface area (Å²) in [7, 11) is 5.70. The molecule has 0 aliphatic rings. The molecule has 0 unspecified atom stereocenters. The number of rotatable bonds is 8. The third-order valence-electron chi connectivity index (χ3n) is 3.60. The average Bonchev–Trinajstić information content (AvgIpc) is 2.66. The van der Waals surface area contributed by atoms with Crippen LogP contribution in [0, 0.1) is 5.82 Å². The first-order chi connectivity index (χ1) is 12.9. The van der Waals surface area contributed by atoms with E-state index in [0.717, 1.165) is 6.54 Å². The van der Waals surface area contributed by atoms with Gasteiger partial charge in [-0.1, -0.05) is 17.7 Å². The van der Waals surface area contributed by atoms with Crippen LogP contribution in [0.2, 0.25) is 5.02 Å². The molecule has 1 aromatic carbocycles. The molecule has 0 bridgehead atoms. The molecule has 0 spiro atoms. The standard InChI is InChI=1S/C18H23ClFN7/c1-22-17-14(12-4-5-16(20)15(19)8-12)11-24-18(26-17)25-13(9-21)10-23-6-7-27(2)3/h4-5,8-11H,6-7,21H2,1-3H3,(H2,22,24,25,26)/b13-9+,23-10?. The number of aromatic nitrogens is 2. The molecule has 1 heterocycles. The molecule has 2 rings (SSSR count). The fourth-order valence-corrected chi connectivity index (χ4v) is 2.35. The normalized spacial score (nSPS) is 12.0. The molecular weight excluding hydrogens is 369 g/mol. The van der Waals surface area contributed by atoms with Crippen molar-refractivity contribution < 1.29 is 4.39 Å². The quantitative estimate of drug-likeness (QED) is 0.599. The number of likely N-dealkylation sites (N-methyl/N-ethyl adjacent to an activating group) is 1. The van der Waals surface area contributed by atoms with Crippen LogP contribution < -0.4 is 16.4 Å². The van der Waals surface area contributed by atoms with Crippen LogP contribution in [0.4, 0.5) is 16.2 Å². The second-order valence-electron chi connectivity index (χ2n) is 5.92. The Morgan fingerprint density at radius 1 is 1.41 bits per heavy atom. The molecule has 2 aromatic rings. The van der Waals surface area contributed by atoms with Crippen LogP contribution >= 0.6 is 11.6 Å². The monoisotopic (exact) mass is 391 g/mol. The summed E-state index contributed by atoms with van der Waals surface area (Å²) in [4.78, 5) is 15.1. The number of aliphatic imine (C=N–C) groups is 1. The van der Waals surface area contributed by atoms with E-state index in [-0.39, 0.29) is 5.02 Å². The summed E-state index contributed by atoms with van der Waals surface area (Å²) in [6, 6.07) is 4.46. The van der Waals surface area contributed by atoms with Gasteiger partial charge in [0, 0.05) is 37.8 Å². The molecule has 0 saturated carbocycles. The number of nitrogens with zero attached hydrogens (tertiary/aromatic N) is 4. The van der Waals surface area contributed by atoms with E-state index < -0.39 is 5.82 Å². The minimum Gasteiger partial charge on any atom is -0.403 e. The van der Waals surface area contributed by atoms with Gasteiger partial charge < -0.3 is 21.3 Å². The van der Waals surface area contributed by atoms with Crippen LogP contribution in [-0.2, 0) is 0 Å². The maximum atomic E-state index is 13.4. The van der Waals surface area contributed by atoms with E-state index >= 15 is 0 Å². The molecule has 0 radical (unpaired) electrons. The number of halogens is 2. The molecule has 9 heteroatoms. The van der Waals surface area contributed by atoms with Gasteiger partial charge in [-0.3, -0.25) is 4.99 Å². The molecule has 144 valence electrons. The lowest BCUT2D eigenvalue weighted by molar-refractivity contribution is 0.421. The van der Waals surface area contributed by atoms with Gasteiger partial charge in [-0.25, -0.2) is 9.37 Å². The van der Waals surface area contributed by atoms with Gasteiger partial charge in [-0.15, -0.1) is 0 Å². The van der Waals surface area contributed by atoms with Gasteiger partial charge in [0.05, 0.1) is 17.3 Å². The highest BCUT2D eigenvalue weighted by molar-refractivity contribution is 6.31. The van der Waals surface area contributed by atoms with E-state index in [0.29, 0.717) is 35.1 Å². The zero-order valence-corrected chi connectivity index (χ0v) is 16.3. The molecule has 0 aliphatic carbocycles. The largest absolute Gasteiger partial charge is 0.403 e. The molecular formula is C18H23ClFN7. The Labute approximate surface area is 163 Å². The van der Waals surface area contributed by atoms with Crippen LogP contribution in [0.15, 0.2) is 41.3 Å². The van der Waals surface area contributed by atoms with Crippen molar-refractivity contribution in [2.45, 2.75) is 0 Å². The van der Waals surface area contributed by atoms with Crippen molar-refractivity contribution in [3.05, 3.63) is 47.1 Å². The molecule has 7 nitrogen and oxygen atoms in total. The van der Waals surface area contributed by atoms with Crippen molar-refractivity contribution in [2.24, 2.45) is 10.7 Å². The summed E-state index contributed by atoms with van der Waals surface area (Å²) in [6.07, 6.45) is 4.66. The third kappa shape index (κ3) is 5.90. The topological polar surface area (TPSA) is 91.5 Å². The summed E-state index contributed by atoms with van der Waals surface area (Å²) in [5.74, 6) is 0.445. The predicted molar refractivity (Wildman–Crippen MR) is 110 cm³/mol. The Kier molecular flexibility index (Phi) is 7.51. The molecule has 4 N–H and O–H groups in total. The molecule has 0 fully saturated rings. The van der Waals surface area contributed by atoms with Gasteiger partial charge in [0.2, 0.25) is 5.95 Å². The van der Waals surface area contributed by atoms with E-state index in [1.807, 2.05) is 19.0 Å². The van der Waals surface area contributed by atoms with Gasteiger partial charge in [0.25, 0.3) is 0 Å². The van der Waals surface area contributed by atoms with Crippen molar-refractivity contribution in [3.63, 3.8) is 0 Å². The molecule has 0 amide bonds. The van der Waals surface area contributed by atoms with Crippen LogP contribution in [0.3, 0.4) is 0 Å². The van der Waals surface area contributed by atoms with E-state index in [4.69, 9.17) is 17.3 Å². The van der Waals surface area contributed by atoms with Crippen LogP contribution in [0.1, 0.15) is 0 Å². The van der Waals surface area contributed by atoms with Crippen molar-refractivity contribution >= 4 is 29.6 Å². The minimum absolute atomic E-state index is 0.0408. The first-order valence-electron chi connectivity index (χ1n) is 8.28. The van der Waals surface area contributed by atoms with Crippen molar-refractivity contribution in [3.8, 4) is 11.1 Å². The van der Waals surface area contributed by atoms with Crippen molar-refractivity contribution in [1.82, 2.24) is 14.9 Å². The van der Waals surface area contributed by atoms with Gasteiger partial charge in [-0.2, -0.15) is 4.98 Å². The Balaban J connectivity index is 2.18. The van der Waals surface area contributed by atoms with Crippen LogP contribution in [0.5, 0.6) is 0 Å². The fourth-order valence-electron chi connectivity index (χ4n) is 2.17. The first-order valence-corrected chi connectivity index (χ1v) is 8.66. The molecule has 27 heavy (non-hydrogen) atoms. The third-order valence-corrected chi connectivity index (χ3v) is 3.89. The molecule has 0 saturated heterocycles. The Bertz CT molecular complexity index is 836. The number of hydrogen-bond donors (Lipinski definition) is 3. The average molecular weight is 392 g/mol. The van der Waals surface area contributed by atoms with E-state index in [2.05, 4.69) is 25.6 Å². The predicted octanol–water partition coefficient (Wildman–Crippen LogP) is 2.82. The number of benzene rings is 1. The van der Waals surface area contributed by atoms with Gasteiger partial charge in [-0.05, 0) is 31.8 Å². The number of hydrogen-bond acceptors (Lipinski definition) is 7. The number of nitrogens with two attached hydrogens (primary N) is 1. The maximum Gasteiger partial charge on any atom is 0.229 e. The van der Waals surface area contributed by atoms with Gasteiger partial charge >= 0.3 is 0 Å². The van der Waals surface area contributed by atoms with E-state index in [9.17, 15) is 4.39 Å². The molecule has 1 aromatic heterocycles. The zero-order valence-electron chi connectivity index (χ0n) is 15.5. The number of allylic oxidation sites excluding steroid dienone is 1. The zero-order chi connectivity index (χ0) is 19.8. The van der Waals surface area contributed by atoms with E-state index in [1.165, 1.54) is 18.3 Å². The molecule has 0 atom stereocenters. The second-order valence-corrected chi connectivity index (χ2v) is 6.33. The minimum atomic E-state index is -0.475. The fraction of sp³-hybridized carbons (Fsp3) is 0.278. The lowest BCUT2D eigenvalue weighted by atomic mass is 10.1. The highest BCUT2D eigenvalue weighted by Gasteiger charge is 2.11. The lowest BCUT2D eigenvalue weighted by Gasteiger charge is -2.11. The maximum absolute atomic E-state index is 13.4. The second kappa shape index (κ2) is 9.84. The SMILES string of the molecule is CNc1nc(N/C(C=NCCN(C)C)=C/N)ncc1-c1ccc(F)c(Cl)c1. The lowest BCUT2D eigenvalue weighted by Crippen LogP contribution is -2.16. The van der Waals surface area contributed by atoms with Crippen molar-refractivity contribution in [1.29, 1.82) is 0 Å². The summed E-state index contributed by atoms with van der Waals surface area (Å²) in [5, 5.41) is 6.06. The summed E-state index contributed by atoms with van der Waals surface area (Å²) in [5.41, 5.74) is 7.62. The highest BCUT2D eigenvalue weighted by atomic mass is 35.5. The smallest absolute Gasteiger partial charge is 0.229 e. The Hall–Kier alpha value is -2.71. The first kappa shape index (κ1) is 20.6. The van der Waals surface area contributed by atoms with Gasteiger partial charge in [0.15, 0.2) is 0 Å². The van der Waals surface area contributed by atoms with Crippen molar-refractivity contribution in [2.75, 3.05) is 44.9 Å². The summed E-state index contributed by atoms with van der Waals surface area (Å²) >= 11 is 5.87. The Morgan fingerprint density at radius 3 is 2.81 bits per heavy atom. The summed E-state index contributed by atoms with van der Waals surface area (Å²) < 4.78 is 13.4. The molecule has 0 aliphatic heterocycles. The van der Waals surface area contributed by atoms with E-state index in [1.54, 1.807) is 25.5 Å². The number of anilines is 2.